The number of sulfonamides is 1. The van der Waals surface area contributed by atoms with Crippen molar-refractivity contribution >= 4 is 21.8 Å². The third kappa shape index (κ3) is 4.34. The maximum Gasteiger partial charge on any atom is 0.254 e. The van der Waals surface area contributed by atoms with Gasteiger partial charge in [-0.3, -0.25) is 10.2 Å². The second-order valence-corrected chi connectivity index (χ2v) is 8.96. The Balaban J connectivity index is 1.48. The van der Waals surface area contributed by atoms with Crippen LogP contribution < -0.4 is 15.6 Å². The molecule has 9 heteroatoms. The molecule has 0 aliphatic carbocycles. The molecule has 0 bridgehead atoms. The minimum atomic E-state index is -3.88. The number of hydrogen-bond donors (Lipinski definition) is 3. The summed E-state index contributed by atoms with van der Waals surface area (Å²) in [4.78, 5) is 14.5. The van der Waals surface area contributed by atoms with Crippen LogP contribution in [-0.2, 0) is 16.6 Å². The van der Waals surface area contributed by atoms with E-state index in [9.17, 15) is 13.2 Å². The van der Waals surface area contributed by atoms with Crippen LogP contribution in [0.4, 0.5) is 0 Å². The number of amidine groups is 1. The van der Waals surface area contributed by atoms with Crippen LogP contribution in [0.5, 0.6) is 5.75 Å². The molecule has 0 radical (unpaired) electrons. The summed E-state index contributed by atoms with van der Waals surface area (Å²) in [5, 5.41) is 12.9. The summed E-state index contributed by atoms with van der Waals surface area (Å²) in [5.74, 6) is 0.427. The number of hydrogen-bond acceptors (Lipinski definition) is 5. The van der Waals surface area contributed by atoms with Crippen LogP contribution >= 0.6 is 0 Å². The van der Waals surface area contributed by atoms with Crippen molar-refractivity contribution in [3.05, 3.63) is 83.4 Å². The topological polar surface area (TPSA) is 140 Å². The van der Waals surface area contributed by atoms with Crippen molar-refractivity contribution in [3.8, 4) is 16.9 Å². The largest absolute Gasteiger partial charge is 0.492 e. The molecule has 32 heavy (non-hydrogen) atoms. The van der Waals surface area contributed by atoms with Crippen LogP contribution in [0.1, 0.15) is 21.5 Å². The highest BCUT2D eigenvalue weighted by molar-refractivity contribution is 7.89. The molecule has 0 atom stereocenters. The summed E-state index contributed by atoms with van der Waals surface area (Å²) in [6.45, 7) is 1.06. The van der Waals surface area contributed by atoms with Gasteiger partial charge in [-0.1, -0.05) is 36.4 Å². The van der Waals surface area contributed by atoms with Crippen LogP contribution in [0.25, 0.3) is 11.1 Å². The first kappa shape index (κ1) is 21.5. The fraction of sp³-hybridized carbons (Fsp3) is 0.130. The van der Waals surface area contributed by atoms with E-state index in [2.05, 4.69) is 0 Å². The van der Waals surface area contributed by atoms with Gasteiger partial charge in [-0.25, -0.2) is 13.6 Å². The number of primary sulfonamides is 1. The van der Waals surface area contributed by atoms with Crippen molar-refractivity contribution in [2.24, 2.45) is 10.9 Å². The van der Waals surface area contributed by atoms with Crippen molar-refractivity contribution in [1.82, 2.24) is 4.90 Å². The Morgan fingerprint density at radius 1 is 1.03 bits per heavy atom. The molecule has 3 aromatic rings. The smallest absolute Gasteiger partial charge is 0.254 e. The van der Waals surface area contributed by atoms with Crippen molar-refractivity contribution in [2.75, 3.05) is 13.2 Å². The second-order valence-electron chi connectivity index (χ2n) is 7.43. The molecule has 0 spiro atoms. The number of carbonyl (C=O) groups is 1. The van der Waals surface area contributed by atoms with Crippen molar-refractivity contribution in [1.29, 1.82) is 5.41 Å². The standard InChI is InChI=1S/C23H22N4O4S/c24-22(25)16-4-3-5-18(13-16)31-11-10-27-14-17-12-15(8-9-20(17)23(27)28)19-6-1-2-7-21(19)32(26,29)30/h1-9,12-13H,10-11,14H2,(H3,24,25)(H2,26,29,30). The second kappa shape index (κ2) is 8.45. The van der Waals surface area contributed by atoms with Crippen LogP contribution in [0, 0.1) is 5.41 Å². The van der Waals surface area contributed by atoms with Gasteiger partial charge in [0.05, 0.1) is 11.4 Å². The predicted octanol–water partition coefficient (Wildman–Crippen LogP) is 2.32. The van der Waals surface area contributed by atoms with Gasteiger partial charge in [0.1, 0.15) is 18.2 Å². The number of amides is 1. The van der Waals surface area contributed by atoms with E-state index >= 15 is 0 Å². The van der Waals surface area contributed by atoms with Crippen molar-refractivity contribution in [2.45, 2.75) is 11.4 Å². The molecule has 5 N–H and O–H groups in total. The Labute approximate surface area is 186 Å². The van der Waals surface area contributed by atoms with Crippen molar-refractivity contribution in [3.63, 3.8) is 0 Å². The predicted molar refractivity (Wildman–Crippen MR) is 121 cm³/mol. The lowest BCUT2D eigenvalue weighted by Crippen LogP contribution is -2.28. The molecule has 164 valence electrons. The number of ether oxygens (including phenoxy) is 1. The van der Waals surface area contributed by atoms with Gasteiger partial charge in [-0.05, 0) is 41.5 Å². The molecule has 1 heterocycles. The van der Waals surface area contributed by atoms with Gasteiger partial charge in [0.25, 0.3) is 5.91 Å². The molecule has 0 saturated heterocycles. The van der Waals surface area contributed by atoms with Crippen LogP contribution in [-0.4, -0.2) is 38.2 Å². The lowest BCUT2D eigenvalue weighted by Gasteiger charge is -2.16. The van der Waals surface area contributed by atoms with E-state index in [1.54, 1.807) is 59.5 Å². The highest BCUT2D eigenvalue weighted by Gasteiger charge is 2.28. The van der Waals surface area contributed by atoms with E-state index in [-0.39, 0.29) is 23.2 Å². The zero-order valence-corrected chi connectivity index (χ0v) is 17.9. The quantitative estimate of drug-likeness (QED) is 0.374. The first-order valence-corrected chi connectivity index (χ1v) is 11.4. The van der Waals surface area contributed by atoms with E-state index in [0.29, 0.717) is 41.1 Å². The zero-order valence-electron chi connectivity index (χ0n) is 17.1. The lowest BCUT2D eigenvalue weighted by molar-refractivity contribution is 0.0753. The Bertz CT molecular complexity index is 1320. The van der Waals surface area contributed by atoms with Gasteiger partial charge in [0.2, 0.25) is 10.0 Å². The Kier molecular flexibility index (Phi) is 5.68. The lowest BCUT2D eigenvalue weighted by atomic mass is 10.0. The molecule has 1 aliphatic rings. The molecule has 1 aliphatic heterocycles. The number of carbonyl (C=O) groups excluding carboxylic acids is 1. The van der Waals surface area contributed by atoms with Crippen molar-refractivity contribution < 1.29 is 17.9 Å². The summed E-state index contributed by atoms with van der Waals surface area (Å²) in [7, 11) is -3.88. The maximum absolute atomic E-state index is 12.8. The zero-order chi connectivity index (χ0) is 22.9. The summed E-state index contributed by atoms with van der Waals surface area (Å²) in [6, 6.07) is 18.7. The average molecular weight is 451 g/mol. The number of nitrogen functional groups attached to an aromatic ring is 1. The molecule has 8 nitrogen and oxygen atoms in total. The highest BCUT2D eigenvalue weighted by atomic mass is 32.2. The van der Waals surface area contributed by atoms with E-state index in [4.69, 9.17) is 21.0 Å². The number of nitrogens with two attached hydrogens (primary N) is 2. The van der Waals surface area contributed by atoms with E-state index in [1.165, 1.54) is 6.07 Å². The van der Waals surface area contributed by atoms with E-state index in [0.717, 1.165) is 5.56 Å². The number of nitrogens with one attached hydrogen (secondary N) is 1. The first-order chi connectivity index (χ1) is 15.2. The fourth-order valence-corrected chi connectivity index (χ4v) is 4.47. The minimum absolute atomic E-state index is 0.0413. The SMILES string of the molecule is N=C(N)c1cccc(OCCN2Cc3cc(-c4ccccc4S(N)(=O)=O)ccc3C2=O)c1. The molecular weight excluding hydrogens is 428 g/mol. The van der Waals surface area contributed by atoms with Crippen LogP contribution in [0.3, 0.4) is 0 Å². The molecule has 3 aromatic carbocycles. The summed E-state index contributed by atoms with van der Waals surface area (Å²) >= 11 is 0. The molecule has 0 saturated carbocycles. The van der Waals surface area contributed by atoms with Gasteiger partial charge in [0, 0.05) is 23.2 Å². The number of fused-ring (bicyclic) bond motifs is 1. The van der Waals surface area contributed by atoms with Gasteiger partial charge in [0.15, 0.2) is 0 Å². The number of nitrogens with zero attached hydrogens (tertiary/aromatic N) is 1. The third-order valence-corrected chi connectivity index (χ3v) is 6.23. The number of rotatable bonds is 7. The van der Waals surface area contributed by atoms with Crippen LogP contribution in [0.15, 0.2) is 71.6 Å². The summed E-state index contributed by atoms with van der Waals surface area (Å²) in [5.41, 5.74) is 8.65. The summed E-state index contributed by atoms with van der Waals surface area (Å²) < 4.78 is 29.6. The first-order valence-electron chi connectivity index (χ1n) is 9.86. The molecule has 1 amide bonds. The molecular formula is C23H22N4O4S. The Morgan fingerprint density at radius 2 is 1.81 bits per heavy atom. The highest BCUT2D eigenvalue weighted by Crippen LogP contribution is 2.31. The average Bonchev–Trinajstić information content (AvgIpc) is 3.08. The monoisotopic (exact) mass is 450 g/mol. The molecule has 0 fully saturated rings. The van der Waals surface area contributed by atoms with Gasteiger partial charge in [-0.15, -0.1) is 0 Å². The normalized spacial score (nSPS) is 13.2. The molecule has 4 rings (SSSR count). The molecule has 0 aromatic heterocycles. The van der Waals surface area contributed by atoms with E-state index < -0.39 is 10.0 Å². The van der Waals surface area contributed by atoms with Gasteiger partial charge < -0.3 is 15.4 Å². The fourth-order valence-electron chi connectivity index (χ4n) is 3.71. The van der Waals surface area contributed by atoms with E-state index in [1.807, 2.05) is 6.07 Å². The van der Waals surface area contributed by atoms with Gasteiger partial charge in [-0.2, -0.15) is 0 Å². The third-order valence-electron chi connectivity index (χ3n) is 5.26. The number of benzene rings is 3. The Hall–Kier alpha value is -3.69. The summed E-state index contributed by atoms with van der Waals surface area (Å²) in [6.07, 6.45) is 0. The maximum atomic E-state index is 12.8. The van der Waals surface area contributed by atoms with Gasteiger partial charge >= 0.3 is 0 Å². The minimum Gasteiger partial charge on any atom is -0.492 e. The Morgan fingerprint density at radius 3 is 2.56 bits per heavy atom. The molecule has 0 unspecified atom stereocenters. The van der Waals surface area contributed by atoms with Crippen LogP contribution in [0.2, 0.25) is 0 Å².